The lowest BCUT2D eigenvalue weighted by molar-refractivity contribution is -0.135. The molecule has 1 amide bonds. The average Bonchev–Trinajstić information content (AvgIpc) is 2.25. The summed E-state index contributed by atoms with van der Waals surface area (Å²) in [6.45, 7) is 4.65. The zero-order valence-electron chi connectivity index (χ0n) is 11.0. The third kappa shape index (κ3) is 3.19. The molecule has 0 aromatic heterocycles. The Bertz CT molecular complexity index is 297. The molecule has 0 spiro atoms. The van der Waals surface area contributed by atoms with Crippen molar-refractivity contribution >= 4 is 5.91 Å². The normalized spacial score (nSPS) is 28.9. The summed E-state index contributed by atoms with van der Waals surface area (Å²) in [5, 5.41) is 12.1. The van der Waals surface area contributed by atoms with Crippen LogP contribution < -0.4 is 5.32 Å². The Morgan fingerprint density at radius 3 is 2.71 bits per heavy atom. The zero-order chi connectivity index (χ0) is 12.9. The van der Waals surface area contributed by atoms with Crippen LogP contribution in [0, 0.1) is 22.7 Å². The van der Waals surface area contributed by atoms with Crippen LogP contribution in [0.4, 0.5) is 0 Å². The van der Waals surface area contributed by atoms with Crippen molar-refractivity contribution in [3.8, 4) is 6.07 Å². The minimum Gasteiger partial charge on any atom is -0.383 e. The van der Waals surface area contributed by atoms with E-state index in [0.29, 0.717) is 25.4 Å². The molecule has 1 aliphatic carbocycles. The van der Waals surface area contributed by atoms with Gasteiger partial charge in [0.15, 0.2) is 0 Å². The van der Waals surface area contributed by atoms with Gasteiger partial charge in [0, 0.05) is 7.11 Å². The molecular weight excluding hydrogens is 216 g/mol. The molecular formula is C13H22N2O2. The molecule has 0 saturated heterocycles. The second kappa shape index (κ2) is 6.02. The fourth-order valence-electron chi connectivity index (χ4n) is 2.53. The van der Waals surface area contributed by atoms with E-state index in [2.05, 4.69) is 25.2 Å². The number of nitrogens with one attached hydrogen (secondary N) is 1. The maximum absolute atomic E-state index is 12.1. The SMILES string of the molecule is CCCC(COC)NC(=O)C1(C#N)CC(C)C1. The van der Waals surface area contributed by atoms with Crippen LogP contribution in [0.1, 0.15) is 39.5 Å². The number of hydrogen-bond donors (Lipinski definition) is 1. The van der Waals surface area contributed by atoms with Crippen molar-refractivity contribution in [2.75, 3.05) is 13.7 Å². The van der Waals surface area contributed by atoms with Gasteiger partial charge < -0.3 is 10.1 Å². The molecule has 96 valence electrons. The Morgan fingerprint density at radius 2 is 2.29 bits per heavy atom. The van der Waals surface area contributed by atoms with Crippen molar-refractivity contribution in [3.63, 3.8) is 0 Å². The number of ether oxygens (including phenoxy) is 1. The summed E-state index contributed by atoms with van der Waals surface area (Å²) in [7, 11) is 1.63. The molecule has 1 saturated carbocycles. The lowest BCUT2D eigenvalue weighted by Gasteiger charge is -2.40. The molecule has 1 rings (SSSR count). The predicted octanol–water partition coefficient (Wildman–Crippen LogP) is 1.86. The van der Waals surface area contributed by atoms with Gasteiger partial charge in [0.2, 0.25) is 5.91 Å². The van der Waals surface area contributed by atoms with E-state index < -0.39 is 5.41 Å². The molecule has 1 fully saturated rings. The predicted molar refractivity (Wildman–Crippen MR) is 65.2 cm³/mol. The molecule has 0 aromatic rings. The fraction of sp³-hybridized carbons (Fsp3) is 0.846. The van der Waals surface area contributed by atoms with E-state index in [1.165, 1.54) is 0 Å². The molecule has 0 radical (unpaired) electrons. The van der Waals surface area contributed by atoms with Crippen molar-refractivity contribution in [2.24, 2.45) is 11.3 Å². The first-order valence-corrected chi connectivity index (χ1v) is 6.29. The van der Waals surface area contributed by atoms with E-state index in [9.17, 15) is 4.79 Å². The third-order valence-corrected chi connectivity index (χ3v) is 3.38. The van der Waals surface area contributed by atoms with Gasteiger partial charge >= 0.3 is 0 Å². The van der Waals surface area contributed by atoms with Gasteiger partial charge in [-0.3, -0.25) is 4.79 Å². The van der Waals surface area contributed by atoms with Gasteiger partial charge in [-0.2, -0.15) is 5.26 Å². The highest BCUT2D eigenvalue weighted by atomic mass is 16.5. The van der Waals surface area contributed by atoms with Crippen LogP contribution >= 0.6 is 0 Å². The summed E-state index contributed by atoms with van der Waals surface area (Å²) < 4.78 is 5.08. The van der Waals surface area contributed by atoms with Crippen LogP contribution in [-0.2, 0) is 9.53 Å². The monoisotopic (exact) mass is 238 g/mol. The van der Waals surface area contributed by atoms with E-state index in [0.717, 1.165) is 12.8 Å². The highest BCUT2D eigenvalue weighted by Gasteiger charge is 2.49. The van der Waals surface area contributed by atoms with Crippen LogP contribution in [0.3, 0.4) is 0 Å². The van der Waals surface area contributed by atoms with Crippen molar-refractivity contribution in [1.82, 2.24) is 5.32 Å². The molecule has 17 heavy (non-hydrogen) atoms. The van der Waals surface area contributed by atoms with Crippen LogP contribution in [0.15, 0.2) is 0 Å². The number of methoxy groups -OCH3 is 1. The standard InChI is InChI=1S/C13H22N2O2/c1-4-5-11(8-17-3)15-12(16)13(9-14)6-10(2)7-13/h10-11H,4-8H2,1-3H3,(H,15,16). The van der Waals surface area contributed by atoms with Crippen molar-refractivity contribution in [2.45, 2.75) is 45.6 Å². The summed E-state index contributed by atoms with van der Waals surface area (Å²) in [6.07, 6.45) is 3.24. The maximum atomic E-state index is 12.1. The van der Waals surface area contributed by atoms with E-state index >= 15 is 0 Å². The van der Waals surface area contributed by atoms with Crippen molar-refractivity contribution < 1.29 is 9.53 Å². The van der Waals surface area contributed by atoms with E-state index in [4.69, 9.17) is 10.00 Å². The fourth-order valence-corrected chi connectivity index (χ4v) is 2.53. The Labute approximate surface area is 103 Å². The zero-order valence-corrected chi connectivity index (χ0v) is 11.0. The minimum absolute atomic E-state index is 0.0265. The highest BCUT2D eigenvalue weighted by Crippen LogP contribution is 2.45. The average molecular weight is 238 g/mol. The lowest BCUT2D eigenvalue weighted by atomic mass is 9.63. The summed E-state index contributed by atoms with van der Waals surface area (Å²) in [4.78, 5) is 12.1. The van der Waals surface area contributed by atoms with Crippen LogP contribution in [0.2, 0.25) is 0 Å². The molecule has 1 N–H and O–H groups in total. The Kier molecular flexibility index (Phi) is 4.95. The number of carbonyl (C=O) groups excluding carboxylic acids is 1. The number of carbonyl (C=O) groups is 1. The molecule has 1 unspecified atom stereocenters. The topological polar surface area (TPSA) is 62.1 Å². The van der Waals surface area contributed by atoms with Gasteiger partial charge in [0.1, 0.15) is 5.41 Å². The minimum atomic E-state index is -0.779. The van der Waals surface area contributed by atoms with Crippen LogP contribution in [-0.4, -0.2) is 25.7 Å². The Hall–Kier alpha value is -1.08. The molecule has 1 atom stereocenters. The molecule has 0 aromatic carbocycles. The largest absolute Gasteiger partial charge is 0.383 e. The molecule has 0 heterocycles. The van der Waals surface area contributed by atoms with Crippen LogP contribution in [0.25, 0.3) is 0 Å². The Balaban J connectivity index is 2.54. The van der Waals surface area contributed by atoms with Gasteiger partial charge in [0.05, 0.1) is 18.7 Å². The second-order valence-corrected chi connectivity index (χ2v) is 5.12. The molecule has 0 bridgehead atoms. The van der Waals surface area contributed by atoms with Gasteiger partial charge in [-0.25, -0.2) is 0 Å². The van der Waals surface area contributed by atoms with E-state index in [1.807, 2.05) is 0 Å². The summed E-state index contributed by atoms with van der Waals surface area (Å²) in [5.74, 6) is 0.362. The number of hydrogen-bond acceptors (Lipinski definition) is 3. The summed E-state index contributed by atoms with van der Waals surface area (Å²) in [6, 6.07) is 2.21. The molecule has 4 nitrogen and oxygen atoms in total. The highest BCUT2D eigenvalue weighted by molar-refractivity contribution is 5.86. The van der Waals surface area contributed by atoms with Gasteiger partial charge in [-0.05, 0) is 25.2 Å². The smallest absolute Gasteiger partial charge is 0.240 e. The number of nitriles is 1. The van der Waals surface area contributed by atoms with Gasteiger partial charge in [0.25, 0.3) is 0 Å². The summed E-state index contributed by atoms with van der Waals surface area (Å²) in [5.41, 5.74) is -0.779. The maximum Gasteiger partial charge on any atom is 0.240 e. The lowest BCUT2D eigenvalue weighted by Crippen LogP contribution is -2.51. The number of amides is 1. The molecule has 0 aliphatic heterocycles. The summed E-state index contributed by atoms with van der Waals surface area (Å²) >= 11 is 0. The van der Waals surface area contributed by atoms with Crippen molar-refractivity contribution in [3.05, 3.63) is 0 Å². The number of nitrogens with zero attached hydrogens (tertiary/aromatic N) is 1. The molecule has 4 heteroatoms. The van der Waals surface area contributed by atoms with Crippen molar-refractivity contribution in [1.29, 1.82) is 5.26 Å². The van der Waals surface area contributed by atoms with E-state index in [1.54, 1.807) is 7.11 Å². The van der Waals surface area contributed by atoms with Gasteiger partial charge in [-0.1, -0.05) is 20.3 Å². The first-order valence-electron chi connectivity index (χ1n) is 6.29. The Morgan fingerprint density at radius 1 is 1.65 bits per heavy atom. The first-order chi connectivity index (χ1) is 8.07. The first kappa shape index (κ1) is 14.0. The van der Waals surface area contributed by atoms with Gasteiger partial charge in [-0.15, -0.1) is 0 Å². The third-order valence-electron chi connectivity index (χ3n) is 3.38. The number of rotatable bonds is 6. The van der Waals surface area contributed by atoms with Crippen LogP contribution in [0.5, 0.6) is 0 Å². The molecule has 1 aliphatic rings. The quantitative estimate of drug-likeness (QED) is 0.768. The second-order valence-electron chi connectivity index (χ2n) is 5.12. The van der Waals surface area contributed by atoms with E-state index in [-0.39, 0.29) is 11.9 Å².